The van der Waals surface area contributed by atoms with Gasteiger partial charge in [0.2, 0.25) is 0 Å². The number of hydrogen-bond acceptors (Lipinski definition) is 5. The minimum absolute atomic E-state index is 0.112. The van der Waals surface area contributed by atoms with Gasteiger partial charge in [0.1, 0.15) is 18.1 Å². The first kappa shape index (κ1) is 19.5. The van der Waals surface area contributed by atoms with Crippen LogP contribution in [-0.4, -0.2) is 34.3 Å². The van der Waals surface area contributed by atoms with Gasteiger partial charge in [-0.05, 0) is 62.9 Å². The van der Waals surface area contributed by atoms with Crippen LogP contribution in [0.3, 0.4) is 0 Å². The molecule has 1 N–H and O–H groups in total. The van der Waals surface area contributed by atoms with Crippen LogP contribution in [-0.2, 0) is 4.79 Å². The zero-order valence-corrected chi connectivity index (χ0v) is 17.6. The highest BCUT2D eigenvalue weighted by Gasteiger charge is 2.34. The molecule has 0 bridgehead atoms. The number of phenols is 1. The molecule has 1 heterocycles. The fraction of sp³-hybridized carbons (Fsp3) is 0.0909. The minimum atomic E-state index is -0.342. The fourth-order valence-corrected chi connectivity index (χ4v) is 4.29. The summed E-state index contributed by atoms with van der Waals surface area (Å²) in [4.78, 5) is 26.4. The molecule has 0 spiro atoms. The van der Waals surface area contributed by atoms with E-state index >= 15 is 0 Å². The Hall–Kier alpha value is -2.77. The van der Waals surface area contributed by atoms with Crippen molar-refractivity contribution in [2.45, 2.75) is 0 Å². The predicted octanol–water partition coefficient (Wildman–Crippen LogP) is 5.42. The number of carbonyl (C=O) groups is 2. The molecule has 0 radical (unpaired) electrons. The second kappa shape index (κ2) is 8.31. The monoisotopic (exact) mass is 469 g/mol. The standard InChI is InChI=1S/C22H16BrNO4S/c23-17-12-14(8-9-18(17)25)13-20-21(26)24(22(27)29-20)10-11-28-19-7-3-5-15-4-1-2-6-16(15)19/h1-9,12-13,25H,10-11H2/b20-13-. The van der Waals surface area contributed by atoms with Crippen LogP contribution in [0.25, 0.3) is 16.8 Å². The van der Waals surface area contributed by atoms with Gasteiger partial charge in [0, 0.05) is 5.39 Å². The molecule has 7 heteroatoms. The predicted molar refractivity (Wildman–Crippen MR) is 118 cm³/mol. The SMILES string of the molecule is O=C1S/C(=C\c2ccc(O)c(Br)c2)C(=O)N1CCOc1cccc2ccccc12. The minimum Gasteiger partial charge on any atom is -0.507 e. The third-order valence-corrected chi connectivity index (χ3v) is 6.01. The first-order valence-electron chi connectivity index (χ1n) is 8.87. The summed E-state index contributed by atoms with van der Waals surface area (Å²) in [5, 5.41) is 11.3. The summed E-state index contributed by atoms with van der Waals surface area (Å²) in [5.74, 6) is 0.492. The van der Waals surface area contributed by atoms with Crippen molar-refractivity contribution in [2.24, 2.45) is 0 Å². The molecule has 1 aliphatic heterocycles. The van der Waals surface area contributed by atoms with Gasteiger partial charge in [-0.3, -0.25) is 14.5 Å². The maximum atomic E-state index is 12.6. The highest BCUT2D eigenvalue weighted by Crippen LogP contribution is 2.33. The number of ether oxygens (including phenoxy) is 1. The van der Waals surface area contributed by atoms with Crippen molar-refractivity contribution in [3.8, 4) is 11.5 Å². The Morgan fingerprint density at radius 2 is 1.86 bits per heavy atom. The van der Waals surface area contributed by atoms with Crippen molar-refractivity contribution < 1.29 is 19.4 Å². The molecule has 2 amide bonds. The molecule has 4 rings (SSSR count). The molecule has 0 aliphatic carbocycles. The van der Waals surface area contributed by atoms with E-state index in [0.717, 1.165) is 28.3 Å². The van der Waals surface area contributed by atoms with Crippen LogP contribution in [0.1, 0.15) is 5.56 Å². The molecule has 3 aromatic carbocycles. The van der Waals surface area contributed by atoms with E-state index in [9.17, 15) is 14.7 Å². The molecule has 0 aromatic heterocycles. The number of phenolic OH excluding ortho intramolecular Hbond substituents is 1. The Balaban J connectivity index is 1.44. The summed E-state index contributed by atoms with van der Waals surface area (Å²) in [6.45, 7) is 0.384. The number of benzene rings is 3. The van der Waals surface area contributed by atoms with Crippen LogP contribution in [0.2, 0.25) is 0 Å². The maximum Gasteiger partial charge on any atom is 0.293 e. The van der Waals surface area contributed by atoms with Crippen LogP contribution < -0.4 is 4.74 Å². The third-order valence-electron chi connectivity index (χ3n) is 4.47. The quantitative estimate of drug-likeness (QED) is 0.505. The molecule has 29 heavy (non-hydrogen) atoms. The Morgan fingerprint density at radius 3 is 2.69 bits per heavy atom. The average Bonchev–Trinajstić information content (AvgIpc) is 2.98. The summed E-state index contributed by atoms with van der Waals surface area (Å²) in [6.07, 6.45) is 1.64. The Labute approximate surface area is 180 Å². The van der Waals surface area contributed by atoms with Crippen molar-refractivity contribution in [3.63, 3.8) is 0 Å². The largest absolute Gasteiger partial charge is 0.507 e. The second-order valence-corrected chi connectivity index (χ2v) is 8.22. The zero-order chi connectivity index (χ0) is 20.4. The summed E-state index contributed by atoms with van der Waals surface area (Å²) in [7, 11) is 0. The van der Waals surface area contributed by atoms with Crippen molar-refractivity contribution in [1.82, 2.24) is 4.90 Å². The molecule has 0 atom stereocenters. The van der Waals surface area contributed by atoms with Crippen molar-refractivity contribution in [1.29, 1.82) is 0 Å². The average molecular weight is 470 g/mol. The fourth-order valence-electron chi connectivity index (χ4n) is 3.03. The van der Waals surface area contributed by atoms with Crippen LogP contribution in [0.4, 0.5) is 4.79 Å². The summed E-state index contributed by atoms with van der Waals surface area (Å²) in [6, 6.07) is 18.6. The maximum absolute atomic E-state index is 12.6. The topological polar surface area (TPSA) is 66.8 Å². The van der Waals surface area contributed by atoms with Crippen LogP contribution in [0, 0.1) is 0 Å². The number of thioether (sulfide) groups is 1. The summed E-state index contributed by atoms with van der Waals surface area (Å²) in [5.41, 5.74) is 0.715. The van der Waals surface area contributed by atoms with E-state index in [1.165, 1.54) is 11.0 Å². The van der Waals surface area contributed by atoms with Gasteiger partial charge in [-0.1, -0.05) is 42.5 Å². The van der Waals surface area contributed by atoms with Gasteiger partial charge < -0.3 is 9.84 Å². The molecule has 3 aromatic rings. The highest BCUT2D eigenvalue weighted by molar-refractivity contribution is 9.10. The van der Waals surface area contributed by atoms with E-state index in [0.29, 0.717) is 14.9 Å². The van der Waals surface area contributed by atoms with E-state index in [4.69, 9.17) is 4.74 Å². The van der Waals surface area contributed by atoms with Gasteiger partial charge in [-0.2, -0.15) is 0 Å². The molecule has 0 unspecified atom stereocenters. The van der Waals surface area contributed by atoms with Gasteiger partial charge in [0.05, 0.1) is 15.9 Å². The number of carbonyl (C=O) groups excluding carboxylic acids is 2. The highest BCUT2D eigenvalue weighted by atomic mass is 79.9. The van der Waals surface area contributed by atoms with Gasteiger partial charge >= 0.3 is 0 Å². The molecule has 146 valence electrons. The normalized spacial score (nSPS) is 15.5. The first-order valence-corrected chi connectivity index (χ1v) is 10.5. The number of nitrogens with zero attached hydrogens (tertiary/aromatic N) is 1. The number of halogens is 1. The van der Waals surface area contributed by atoms with E-state index in [1.807, 2.05) is 42.5 Å². The number of rotatable bonds is 5. The lowest BCUT2D eigenvalue weighted by molar-refractivity contribution is -0.123. The number of aromatic hydroxyl groups is 1. The Kier molecular flexibility index (Phi) is 5.60. The molecule has 1 saturated heterocycles. The molecule has 1 aliphatic rings. The van der Waals surface area contributed by atoms with E-state index in [1.54, 1.807) is 18.2 Å². The number of hydrogen-bond donors (Lipinski definition) is 1. The van der Waals surface area contributed by atoms with Crippen LogP contribution in [0.15, 0.2) is 70.0 Å². The lowest BCUT2D eigenvalue weighted by atomic mass is 10.1. The van der Waals surface area contributed by atoms with Gasteiger partial charge in [0.15, 0.2) is 0 Å². The molecule has 0 saturated carbocycles. The zero-order valence-electron chi connectivity index (χ0n) is 15.2. The van der Waals surface area contributed by atoms with Crippen molar-refractivity contribution in [3.05, 3.63) is 75.6 Å². The van der Waals surface area contributed by atoms with Crippen molar-refractivity contribution >= 4 is 55.7 Å². The lowest BCUT2D eigenvalue weighted by Crippen LogP contribution is -2.32. The summed E-state index contributed by atoms with van der Waals surface area (Å²) >= 11 is 4.14. The lowest BCUT2D eigenvalue weighted by Gasteiger charge is -2.14. The number of fused-ring (bicyclic) bond motifs is 1. The Morgan fingerprint density at radius 1 is 1.07 bits per heavy atom. The molecule has 5 nitrogen and oxygen atoms in total. The van der Waals surface area contributed by atoms with Gasteiger partial charge in [-0.15, -0.1) is 0 Å². The number of amides is 2. The third kappa shape index (κ3) is 4.16. The second-order valence-electron chi connectivity index (χ2n) is 6.37. The Bertz CT molecular complexity index is 1140. The van der Waals surface area contributed by atoms with Gasteiger partial charge in [-0.25, -0.2) is 0 Å². The summed E-state index contributed by atoms with van der Waals surface area (Å²) < 4.78 is 6.37. The van der Waals surface area contributed by atoms with E-state index in [2.05, 4.69) is 15.9 Å². The molecule has 1 fully saturated rings. The van der Waals surface area contributed by atoms with Gasteiger partial charge in [0.25, 0.3) is 11.1 Å². The molecular weight excluding hydrogens is 454 g/mol. The smallest absolute Gasteiger partial charge is 0.293 e. The van der Waals surface area contributed by atoms with Crippen LogP contribution >= 0.6 is 27.7 Å². The van der Waals surface area contributed by atoms with Crippen molar-refractivity contribution in [2.75, 3.05) is 13.2 Å². The number of imide groups is 1. The van der Waals surface area contributed by atoms with Crippen LogP contribution in [0.5, 0.6) is 11.5 Å². The molecular formula is C22H16BrNO4S. The van der Waals surface area contributed by atoms with E-state index in [-0.39, 0.29) is 30.0 Å². The first-order chi connectivity index (χ1) is 14.0. The van der Waals surface area contributed by atoms with E-state index < -0.39 is 0 Å².